The molecule has 0 aliphatic heterocycles. The van der Waals surface area contributed by atoms with Crippen molar-refractivity contribution >= 4 is 63.4 Å². The summed E-state index contributed by atoms with van der Waals surface area (Å²) in [6.07, 6.45) is 2.37. The summed E-state index contributed by atoms with van der Waals surface area (Å²) in [4.78, 5) is 13.7. The number of unbranched alkanes of at least 4 members (excludes halogenated alkanes) is 1. The van der Waals surface area contributed by atoms with Crippen LogP contribution in [0.2, 0.25) is 0 Å². The Morgan fingerprint density at radius 3 is 1.77 bits per heavy atom. The summed E-state index contributed by atoms with van der Waals surface area (Å²) >= 11 is 23.1. The Kier molecular flexibility index (Phi) is 20.7. The van der Waals surface area contributed by atoms with Gasteiger partial charge in [-0.05, 0) is 34.1 Å². The molecule has 0 saturated heterocycles. The van der Waals surface area contributed by atoms with Gasteiger partial charge in [-0.15, -0.1) is 11.6 Å². The average Bonchev–Trinajstić information content (AvgIpc) is 2.36. The van der Waals surface area contributed by atoms with Crippen molar-refractivity contribution in [2.75, 3.05) is 11.6 Å². The van der Waals surface area contributed by atoms with Gasteiger partial charge in [-0.3, -0.25) is 4.79 Å². The zero-order valence-corrected chi connectivity index (χ0v) is 17.8. The number of nitrogens with zero attached hydrogens (tertiary/aromatic N) is 1. The fraction of sp³-hybridized carbons (Fsp3) is 0.786. The minimum Gasteiger partial charge on any atom is -0.344 e. The summed E-state index contributed by atoms with van der Waals surface area (Å²) in [6.45, 7) is 10.0. The van der Waals surface area contributed by atoms with Gasteiger partial charge in [0.15, 0.2) is 0 Å². The molecule has 3 N–H and O–H groups in total. The normalized spacial score (nSPS) is 9.77. The number of rotatable bonds is 6. The lowest BCUT2D eigenvalue weighted by Crippen LogP contribution is -2.39. The van der Waals surface area contributed by atoms with Gasteiger partial charge >= 0.3 is 0 Å². The van der Waals surface area contributed by atoms with Gasteiger partial charge in [-0.2, -0.15) is 0 Å². The molecule has 0 saturated carbocycles. The smallest absolute Gasteiger partial charge is 0.282 e. The van der Waals surface area contributed by atoms with Gasteiger partial charge in [0.2, 0.25) is 0 Å². The Morgan fingerprint density at radius 2 is 1.55 bits per heavy atom. The monoisotopic (exact) mass is 412 g/mol. The van der Waals surface area contributed by atoms with Gasteiger partial charge < -0.3 is 11.1 Å². The molecule has 0 aromatic heterocycles. The number of thioether (sulfide) groups is 1. The maximum Gasteiger partial charge on any atom is 0.282 e. The molecule has 134 valence electrons. The molecule has 0 bridgehead atoms. The molecule has 0 radical (unpaired) electrons. The van der Waals surface area contributed by atoms with Crippen LogP contribution in [0, 0.1) is 0 Å². The van der Waals surface area contributed by atoms with Gasteiger partial charge in [0.25, 0.3) is 5.24 Å². The number of carbonyl (C=O) groups excluding carboxylic acids is 1. The molecule has 0 aliphatic carbocycles. The van der Waals surface area contributed by atoms with E-state index in [9.17, 15) is 4.79 Å². The standard InChI is InChI=1S/C10H16Cl3NOS.C4H9Cl.H3N/c1-6(2)14(7(3)4)10(15)16-5-8(11)9(12)13;1-2-3-4-5;/h6-7H,5H2,1-4H3;2-4H2,1H3;1H3. The molecule has 22 heavy (non-hydrogen) atoms. The maximum atomic E-state index is 11.9. The van der Waals surface area contributed by atoms with Crippen LogP contribution in [0.25, 0.3) is 0 Å². The summed E-state index contributed by atoms with van der Waals surface area (Å²) in [5, 5.41) is 0.284. The average molecular weight is 414 g/mol. The lowest BCUT2D eigenvalue weighted by Gasteiger charge is -2.30. The molecule has 0 rings (SSSR count). The van der Waals surface area contributed by atoms with E-state index in [2.05, 4.69) is 6.92 Å². The first-order valence-electron chi connectivity index (χ1n) is 6.89. The van der Waals surface area contributed by atoms with Crippen molar-refractivity contribution in [3.8, 4) is 0 Å². The van der Waals surface area contributed by atoms with E-state index in [-0.39, 0.29) is 28.0 Å². The first kappa shape index (κ1) is 27.5. The van der Waals surface area contributed by atoms with Gasteiger partial charge in [0.1, 0.15) is 4.49 Å². The largest absolute Gasteiger partial charge is 0.344 e. The molecule has 0 aromatic carbocycles. The number of carbonyl (C=O) groups is 1. The Labute approximate surface area is 159 Å². The first-order chi connectivity index (χ1) is 9.68. The third-order valence-corrected chi connectivity index (χ3v) is 4.63. The molecule has 1 amide bonds. The second-order valence-corrected chi connectivity index (χ2v) is 7.57. The van der Waals surface area contributed by atoms with E-state index in [1.54, 1.807) is 4.90 Å². The highest BCUT2D eigenvalue weighted by molar-refractivity contribution is 8.13. The lowest BCUT2D eigenvalue weighted by molar-refractivity contribution is 0.190. The van der Waals surface area contributed by atoms with Crippen LogP contribution in [-0.4, -0.2) is 33.9 Å². The highest BCUT2D eigenvalue weighted by atomic mass is 35.5. The first-order valence-corrected chi connectivity index (χ1v) is 9.55. The fourth-order valence-electron chi connectivity index (χ4n) is 1.41. The zero-order chi connectivity index (χ0) is 17.0. The molecular formula is C14H28Cl4N2OS. The van der Waals surface area contributed by atoms with E-state index in [0.717, 1.165) is 24.1 Å². The van der Waals surface area contributed by atoms with Crippen molar-refractivity contribution in [2.24, 2.45) is 0 Å². The summed E-state index contributed by atoms with van der Waals surface area (Å²) in [5.41, 5.74) is 0. The van der Waals surface area contributed by atoms with Crippen molar-refractivity contribution in [1.29, 1.82) is 0 Å². The van der Waals surface area contributed by atoms with E-state index >= 15 is 0 Å². The van der Waals surface area contributed by atoms with Gasteiger partial charge in [-0.1, -0.05) is 59.9 Å². The van der Waals surface area contributed by atoms with Crippen LogP contribution in [0.15, 0.2) is 9.52 Å². The third-order valence-electron chi connectivity index (χ3n) is 2.34. The van der Waals surface area contributed by atoms with Crippen LogP contribution in [-0.2, 0) is 0 Å². The van der Waals surface area contributed by atoms with Crippen LogP contribution in [0.4, 0.5) is 4.79 Å². The van der Waals surface area contributed by atoms with Crippen LogP contribution >= 0.6 is 58.2 Å². The predicted molar refractivity (Wildman–Crippen MR) is 105 cm³/mol. The summed E-state index contributed by atoms with van der Waals surface area (Å²) in [5.74, 6) is 1.12. The van der Waals surface area contributed by atoms with E-state index in [1.165, 1.54) is 6.42 Å². The molecular weight excluding hydrogens is 386 g/mol. The van der Waals surface area contributed by atoms with Crippen molar-refractivity contribution in [2.45, 2.75) is 59.5 Å². The third kappa shape index (κ3) is 14.3. The molecule has 8 heteroatoms. The minimum atomic E-state index is -0.0160. The molecule has 0 aliphatic rings. The SMILES string of the molecule is CC(C)N(C(=O)SCC(Cl)=C(Cl)Cl)C(C)C.CCCCCl.N. The molecule has 0 fully saturated rings. The summed E-state index contributed by atoms with van der Waals surface area (Å²) < 4.78 is 0.0163. The Morgan fingerprint density at radius 1 is 1.09 bits per heavy atom. The molecule has 0 spiro atoms. The minimum absolute atomic E-state index is 0. The topological polar surface area (TPSA) is 55.3 Å². The van der Waals surface area contributed by atoms with E-state index in [0.29, 0.717) is 10.8 Å². The second-order valence-electron chi connectivity index (χ2n) is 4.86. The van der Waals surface area contributed by atoms with Gasteiger partial charge in [-0.25, -0.2) is 0 Å². The number of alkyl halides is 1. The number of hydrogen-bond acceptors (Lipinski definition) is 3. The highest BCUT2D eigenvalue weighted by Gasteiger charge is 2.20. The van der Waals surface area contributed by atoms with E-state index in [4.69, 9.17) is 46.4 Å². The Bertz CT molecular complexity index is 312. The van der Waals surface area contributed by atoms with E-state index < -0.39 is 0 Å². The van der Waals surface area contributed by atoms with Crippen molar-refractivity contribution in [1.82, 2.24) is 11.1 Å². The molecule has 3 nitrogen and oxygen atoms in total. The molecule has 0 atom stereocenters. The number of halogens is 4. The molecule has 0 aromatic rings. The van der Waals surface area contributed by atoms with E-state index in [1.807, 2.05) is 27.7 Å². The van der Waals surface area contributed by atoms with Crippen molar-refractivity contribution in [3.63, 3.8) is 0 Å². The quantitative estimate of drug-likeness (QED) is 0.475. The fourth-order valence-corrected chi connectivity index (χ4v) is 3.09. The van der Waals surface area contributed by atoms with Crippen LogP contribution in [0.5, 0.6) is 0 Å². The lowest BCUT2D eigenvalue weighted by atomic mass is 10.2. The maximum absolute atomic E-state index is 11.9. The van der Waals surface area contributed by atoms with Crippen molar-refractivity contribution < 1.29 is 4.79 Å². The summed E-state index contributed by atoms with van der Waals surface area (Å²) in [7, 11) is 0. The number of amides is 1. The second kappa shape index (κ2) is 16.5. The predicted octanol–water partition coefficient (Wildman–Crippen LogP) is 7.03. The van der Waals surface area contributed by atoms with Crippen LogP contribution in [0.1, 0.15) is 47.5 Å². The number of hydrogen-bond donors (Lipinski definition) is 1. The Hall–Kier alpha value is 0.680. The van der Waals surface area contributed by atoms with Crippen molar-refractivity contribution in [3.05, 3.63) is 9.52 Å². The Balaban J connectivity index is -0.000000520. The highest BCUT2D eigenvalue weighted by Crippen LogP contribution is 2.24. The van der Waals surface area contributed by atoms with Gasteiger partial charge in [0, 0.05) is 23.7 Å². The van der Waals surface area contributed by atoms with Gasteiger partial charge in [0.05, 0.1) is 5.03 Å². The zero-order valence-electron chi connectivity index (χ0n) is 14.0. The molecule has 0 unspecified atom stereocenters. The molecule has 0 heterocycles. The summed E-state index contributed by atoms with van der Waals surface area (Å²) in [6, 6.07) is 0.323. The van der Waals surface area contributed by atoms with Crippen LogP contribution in [0.3, 0.4) is 0 Å². The van der Waals surface area contributed by atoms with Crippen LogP contribution < -0.4 is 6.15 Å².